The van der Waals surface area contributed by atoms with Crippen molar-refractivity contribution in [1.29, 1.82) is 0 Å². The Balaban J connectivity index is 1.71. The first-order chi connectivity index (χ1) is 16.5. The lowest BCUT2D eigenvalue weighted by atomic mass is 9.78. The molecule has 0 aromatic heterocycles. The molecule has 0 amide bonds. The van der Waals surface area contributed by atoms with Gasteiger partial charge in [-0.15, -0.1) is 6.42 Å². The lowest BCUT2D eigenvalue weighted by Crippen LogP contribution is -2.19. The molecule has 186 valence electrons. The predicted octanol–water partition coefficient (Wildman–Crippen LogP) is 4.22. The van der Waals surface area contributed by atoms with Crippen LogP contribution in [0.3, 0.4) is 0 Å². The maximum absolute atomic E-state index is 9.66. The van der Waals surface area contributed by atoms with Crippen molar-refractivity contribution in [1.82, 2.24) is 0 Å². The number of aliphatic hydroxyl groups is 1. The third-order valence-electron chi connectivity index (χ3n) is 5.49. The van der Waals surface area contributed by atoms with Crippen molar-refractivity contribution >= 4 is 0 Å². The molecule has 0 aliphatic heterocycles. The second kappa shape index (κ2) is 15.4. The third kappa shape index (κ3) is 9.74. The molecule has 6 heteroatoms. The van der Waals surface area contributed by atoms with Crippen LogP contribution < -0.4 is 9.47 Å². The Hall–Kier alpha value is -2.56. The number of aliphatic hydroxyl groups excluding tert-OH is 1. The highest BCUT2D eigenvalue weighted by Crippen LogP contribution is 2.33. The average Bonchev–Trinajstić information content (AvgIpc) is 2.86. The minimum atomic E-state index is -0.437. The summed E-state index contributed by atoms with van der Waals surface area (Å²) in [6, 6.07) is 16.2. The van der Waals surface area contributed by atoms with Crippen LogP contribution in [0.15, 0.2) is 48.5 Å². The lowest BCUT2D eigenvalue weighted by Gasteiger charge is -2.26. The van der Waals surface area contributed by atoms with Gasteiger partial charge in [-0.05, 0) is 41.8 Å². The second-order valence-corrected chi connectivity index (χ2v) is 8.38. The van der Waals surface area contributed by atoms with Crippen molar-refractivity contribution < 1.29 is 28.8 Å². The second-order valence-electron chi connectivity index (χ2n) is 8.38. The predicted molar refractivity (Wildman–Crippen MR) is 134 cm³/mol. The molecule has 0 radical (unpaired) electrons. The smallest absolute Gasteiger partial charge is 0.119 e. The van der Waals surface area contributed by atoms with Crippen molar-refractivity contribution in [2.45, 2.75) is 38.7 Å². The Kier molecular flexibility index (Phi) is 12.5. The first-order valence-electron chi connectivity index (χ1n) is 11.8. The van der Waals surface area contributed by atoms with Gasteiger partial charge >= 0.3 is 0 Å². The molecule has 2 aromatic carbocycles. The van der Waals surface area contributed by atoms with Crippen LogP contribution in [0.5, 0.6) is 11.5 Å². The number of hydrogen-bond acceptors (Lipinski definition) is 6. The molecule has 1 N–H and O–H groups in total. The van der Waals surface area contributed by atoms with Gasteiger partial charge in [0.05, 0.1) is 39.1 Å². The van der Waals surface area contributed by atoms with E-state index in [-0.39, 0.29) is 5.41 Å². The van der Waals surface area contributed by atoms with E-state index in [9.17, 15) is 5.11 Å². The maximum Gasteiger partial charge on any atom is 0.119 e. The SMILES string of the molecule is C#CCOCCOCCOCCOc1ccc(C(C)(C)c2ccc(OCC(O)CC)cc2)cc1. The largest absolute Gasteiger partial charge is 0.491 e. The quantitative estimate of drug-likeness (QED) is 0.276. The topological polar surface area (TPSA) is 66.4 Å². The molecular weight excluding hydrogens is 432 g/mol. The van der Waals surface area contributed by atoms with E-state index in [1.165, 1.54) is 11.1 Å². The zero-order chi connectivity index (χ0) is 24.7. The monoisotopic (exact) mass is 470 g/mol. The normalized spacial score (nSPS) is 12.2. The Morgan fingerprint density at radius 2 is 1.24 bits per heavy atom. The van der Waals surface area contributed by atoms with Crippen molar-refractivity contribution in [2.75, 3.05) is 52.9 Å². The summed E-state index contributed by atoms with van der Waals surface area (Å²) in [5.41, 5.74) is 2.20. The van der Waals surface area contributed by atoms with E-state index in [0.717, 1.165) is 11.5 Å². The van der Waals surface area contributed by atoms with E-state index < -0.39 is 6.10 Å². The van der Waals surface area contributed by atoms with Gasteiger partial charge in [-0.3, -0.25) is 0 Å². The van der Waals surface area contributed by atoms with Gasteiger partial charge in [0.25, 0.3) is 0 Å². The molecule has 0 aliphatic carbocycles. The van der Waals surface area contributed by atoms with Crippen LogP contribution in [-0.4, -0.2) is 64.1 Å². The summed E-state index contributed by atoms with van der Waals surface area (Å²) in [5.74, 6) is 3.98. The van der Waals surface area contributed by atoms with Gasteiger partial charge in [0.2, 0.25) is 0 Å². The number of terminal acetylenes is 1. The van der Waals surface area contributed by atoms with Gasteiger partial charge in [0.1, 0.15) is 31.3 Å². The molecule has 0 spiro atoms. The highest BCUT2D eigenvalue weighted by Gasteiger charge is 2.23. The molecule has 0 fully saturated rings. The van der Waals surface area contributed by atoms with Crippen molar-refractivity contribution in [3.8, 4) is 23.8 Å². The molecular formula is C28H38O6. The fraction of sp³-hybridized carbons (Fsp3) is 0.500. The Labute approximate surface area is 204 Å². The summed E-state index contributed by atoms with van der Waals surface area (Å²) in [4.78, 5) is 0. The van der Waals surface area contributed by atoms with Crippen LogP contribution in [0.4, 0.5) is 0 Å². The lowest BCUT2D eigenvalue weighted by molar-refractivity contribution is 0.0142. The third-order valence-corrected chi connectivity index (χ3v) is 5.49. The van der Waals surface area contributed by atoms with Crippen LogP contribution >= 0.6 is 0 Å². The van der Waals surface area contributed by atoms with E-state index in [4.69, 9.17) is 30.1 Å². The summed E-state index contributed by atoms with van der Waals surface area (Å²) >= 11 is 0. The molecule has 2 aromatic rings. The molecule has 0 aliphatic rings. The van der Waals surface area contributed by atoms with Gasteiger partial charge < -0.3 is 28.8 Å². The van der Waals surface area contributed by atoms with Crippen LogP contribution in [0.25, 0.3) is 0 Å². The molecule has 34 heavy (non-hydrogen) atoms. The van der Waals surface area contributed by atoms with Crippen LogP contribution in [0, 0.1) is 12.3 Å². The Bertz CT molecular complexity index is 839. The Morgan fingerprint density at radius 1 is 0.765 bits per heavy atom. The first-order valence-corrected chi connectivity index (χ1v) is 11.8. The molecule has 0 bridgehead atoms. The highest BCUT2D eigenvalue weighted by atomic mass is 16.6. The zero-order valence-electron chi connectivity index (χ0n) is 20.6. The molecule has 1 unspecified atom stereocenters. The fourth-order valence-electron chi connectivity index (χ4n) is 3.20. The summed E-state index contributed by atoms with van der Waals surface area (Å²) in [6.07, 6.45) is 5.34. The van der Waals surface area contributed by atoms with E-state index in [0.29, 0.717) is 59.3 Å². The first kappa shape index (κ1) is 27.7. The van der Waals surface area contributed by atoms with Crippen molar-refractivity contribution in [2.24, 2.45) is 0 Å². The minimum absolute atomic E-state index is 0.172. The summed E-state index contributed by atoms with van der Waals surface area (Å²) < 4.78 is 27.4. The number of rotatable bonds is 17. The molecule has 0 saturated carbocycles. The standard InChI is InChI=1S/C28H38O6/c1-5-15-30-16-17-31-18-19-32-20-21-33-26-11-7-23(8-12-26)28(3,4)24-9-13-27(14-10-24)34-22-25(29)6-2/h1,7-14,25,29H,6,15-22H2,2-4H3. The molecule has 6 nitrogen and oxygen atoms in total. The van der Waals surface area contributed by atoms with Crippen LogP contribution in [0.2, 0.25) is 0 Å². The minimum Gasteiger partial charge on any atom is -0.491 e. The van der Waals surface area contributed by atoms with Gasteiger partial charge in [-0.1, -0.05) is 51.0 Å². The van der Waals surface area contributed by atoms with E-state index in [1.807, 2.05) is 31.2 Å². The summed E-state index contributed by atoms with van der Waals surface area (Å²) in [7, 11) is 0. The maximum atomic E-state index is 9.66. The highest BCUT2D eigenvalue weighted by molar-refractivity contribution is 5.41. The van der Waals surface area contributed by atoms with Gasteiger partial charge in [-0.25, -0.2) is 0 Å². The van der Waals surface area contributed by atoms with Crippen molar-refractivity contribution in [3.05, 3.63) is 59.7 Å². The van der Waals surface area contributed by atoms with Gasteiger partial charge in [0.15, 0.2) is 0 Å². The molecule has 0 saturated heterocycles. The van der Waals surface area contributed by atoms with Crippen LogP contribution in [-0.2, 0) is 19.6 Å². The number of hydrogen-bond donors (Lipinski definition) is 1. The summed E-state index contributed by atoms with van der Waals surface area (Å²) in [5, 5.41) is 9.66. The van der Waals surface area contributed by atoms with E-state index >= 15 is 0 Å². The van der Waals surface area contributed by atoms with Crippen LogP contribution in [0.1, 0.15) is 38.3 Å². The number of ether oxygens (including phenoxy) is 5. The van der Waals surface area contributed by atoms with Gasteiger partial charge in [0, 0.05) is 5.41 Å². The fourth-order valence-corrected chi connectivity index (χ4v) is 3.20. The van der Waals surface area contributed by atoms with Crippen molar-refractivity contribution in [3.63, 3.8) is 0 Å². The number of benzene rings is 2. The van der Waals surface area contributed by atoms with E-state index in [1.54, 1.807) is 0 Å². The van der Waals surface area contributed by atoms with Gasteiger partial charge in [-0.2, -0.15) is 0 Å². The van der Waals surface area contributed by atoms with E-state index in [2.05, 4.69) is 44.0 Å². The average molecular weight is 471 g/mol. The molecule has 2 rings (SSSR count). The molecule has 1 atom stereocenters. The zero-order valence-corrected chi connectivity index (χ0v) is 20.6. The Morgan fingerprint density at radius 3 is 1.74 bits per heavy atom. The summed E-state index contributed by atoms with van der Waals surface area (Å²) in [6.45, 7) is 9.92. The molecule has 0 heterocycles.